The second kappa shape index (κ2) is 9.74. The second-order valence-electron chi connectivity index (χ2n) is 7.17. The van der Waals surface area contributed by atoms with Gasteiger partial charge in [-0.2, -0.15) is 5.26 Å². The first kappa shape index (κ1) is 20.4. The minimum atomic E-state index is -0.707. The number of nitriles is 1. The molecule has 1 fully saturated rings. The highest BCUT2D eigenvalue weighted by Crippen LogP contribution is 2.17. The summed E-state index contributed by atoms with van der Waals surface area (Å²) in [6.07, 6.45) is 3.75. The highest BCUT2D eigenvalue weighted by atomic mass is 16.5. The molecule has 0 aliphatic carbocycles. The molecule has 2 amide bonds. The maximum Gasteiger partial charge on any atom is 0.265 e. The molecule has 6 heteroatoms. The van der Waals surface area contributed by atoms with Crippen LogP contribution in [-0.2, 0) is 4.79 Å². The maximum absolute atomic E-state index is 12.6. The second-order valence-corrected chi connectivity index (χ2v) is 7.17. The van der Waals surface area contributed by atoms with E-state index in [1.807, 2.05) is 11.0 Å². The molecule has 0 aromatic heterocycles. The molecule has 2 aromatic rings. The highest BCUT2D eigenvalue weighted by molar-refractivity contribution is 5.96. The van der Waals surface area contributed by atoms with E-state index in [4.69, 9.17) is 10.00 Å². The number of hydrogen-bond acceptors (Lipinski definition) is 4. The Morgan fingerprint density at radius 1 is 1.00 bits per heavy atom. The average Bonchev–Trinajstić information content (AvgIpc) is 3.04. The van der Waals surface area contributed by atoms with Crippen molar-refractivity contribution in [1.82, 2.24) is 4.90 Å². The lowest BCUT2D eigenvalue weighted by Gasteiger charge is -2.20. The predicted molar refractivity (Wildman–Crippen MR) is 111 cm³/mol. The van der Waals surface area contributed by atoms with Gasteiger partial charge < -0.3 is 15.0 Å². The lowest BCUT2D eigenvalue weighted by atomic mass is 10.1. The summed E-state index contributed by atoms with van der Waals surface area (Å²) in [7, 11) is 0. The van der Waals surface area contributed by atoms with Crippen LogP contribution < -0.4 is 10.1 Å². The van der Waals surface area contributed by atoms with E-state index in [1.165, 1.54) is 12.8 Å². The number of nitrogens with one attached hydrogen (secondary N) is 1. The van der Waals surface area contributed by atoms with Gasteiger partial charge >= 0.3 is 0 Å². The Morgan fingerprint density at radius 2 is 1.62 bits per heavy atom. The van der Waals surface area contributed by atoms with Gasteiger partial charge in [-0.1, -0.05) is 12.8 Å². The van der Waals surface area contributed by atoms with E-state index in [1.54, 1.807) is 55.5 Å². The van der Waals surface area contributed by atoms with Crippen LogP contribution in [0.2, 0.25) is 0 Å². The molecule has 1 aliphatic heterocycles. The van der Waals surface area contributed by atoms with Crippen molar-refractivity contribution in [2.75, 3.05) is 18.4 Å². The van der Waals surface area contributed by atoms with Crippen LogP contribution in [0.25, 0.3) is 0 Å². The number of benzene rings is 2. The minimum Gasteiger partial charge on any atom is -0.481 e. The Kier molecular flexibility index (Phi) is 6.85. The van der Waals surface area contributed by atoms with Crippen molar-refractivity contribution in [3.8, 4) is 11.8 Å². The van der Waals surface area contributed by atoms with Gasteiger partial charge in [0.25, 0.3) is 11.8 Å². The van der Waals surface area contributed by atoms with Gasteiger partial charge in [0.1, 0.15) is 5.75 Å². The number of rotatable bonds is 5. The third-order valence-corrected chi connectivity index (χ3v) is 4.96. The highest BCUT2D eigenvalue weighted by Gasteiger charge is 2.18. The van der Waals surface area contributed by atoms with Crippen molar-refractivity contribution in [3.63, 3.8) is 0 Å². The first-order valence-electron chi connectivity index (χ1n) is 9.94. The summed E-state index contributed by atoms with van der Waals surface area (Å²) in [5, 5.41) is 11.6. The topological polar surface area (TPSA) is 82.4 Å². The van der Waals surface area contributed by atoms with Crippen molar-refractivity contribution in [1.29, 1.82) is 5.26 Å². The molecule has 0 saturated carbocycles. The van der Waals surface area contributed by atoms with Crippen LogP contribution in [0.4, 0.5) is 5.69 Å². The van der Waals surface area contributed by atoms with E-state index in [-0.39, 0.29) is 11.8 Å². The number of ether oxygens (including phenoxy) is 1. The van der Waals surface area contributed by atoms with Gasteiger partial charge in [0.05, 0.1) is 11.6 Å². The molecule has 1 heterocycles. The predicted octanol–water partition coefficient (Wildman–Crippen LogP) is 3.98. The summed E-state index contributed by atoms with van der Waals surface area (Å²) < 4.78 is 5.62. The molecule has 0 radical (unpaired) electrons. The molecule has 0 unspecified atom stereocenters. The summed E-state index contributed by atoms with van der Waals surface area (Å²) in [5.41, 5.74) is 1.77. The number of likely N-dealkylation sites (tertiary alicyclic amines) is 1. The summed E-state index contributed by atoms with van der Waals surface area (Å²) in [4.78, 5) is 26.9. The van der Waals surface area contributed by atoms with E-state index in [9.17, 15) is 9.59 Å². The Labute approximate surface area is 171 Å². The van der Waals surface area contributed by atoms with Crippen molar-refractivity contribution in [2.24, 2.45) is 0 Å². The van der Waals surface area contributed by atoms with Crippen molar-refractivity contribution in [2.45, 2.75) is 38.7 Å². The third kappa shape index (κ3) is 5.58. The molecule has 1 atom stereocenters. The van der Waals surface area contributed by atoms with E-state index in [2.05, 4.69) is 5.32 Å². The van der Waals surface area contributed by atoms with Gasteiger partial charge in [-0.25, -0.2) is 0 Å². The normalized spacial score (nSPS) is 15.0. The quantitative estimate of drug-likeness (QED) is 0.836. The Hall–Kier alpha value is -3.33. The van der Waals surface area contributed by atoms with Crippen molar-refractivity contribution < 1.29 is 14.3 Å². The molecule has 0 bridgehead atoms. The first-order chi connectivity index (χ1) is 14.1. The number of carbonyl (C=O) groups is 2. The van der Waals surface area contributed by atoms with E-state index >= 15 is 0 Å². The fourth-order valence-electron chi connectivity index (χ4n) is 3.26. The van der Waals surface area contributed by atoms with E-state index in [0.29, 0.717) is 22.6 Å². The Morgan fingerprint density at radius 3 is 2.21 bits per heavy atom. The van der Waals surface area contributed by atoms with Gasteiger partial charge in [-0.15, -0.1) is 0 Å². The van der Waals surface area contributed by atoms with Crippen LogP contribution in [0, 0.1) is 11.3 Å². The number of hydrogen-bond donors (Lipinski definition) is 1. The van der Waals surface area contributed by atoms with Crippen LogP contribution in [0.1, 0.15) is 48.5 Å². The molecule has 29 heavy (non-hydrogen) atoms. The zero-order valence-electron chi connectivity index (χ0n) is 16.6. The minimum absolute atomic E-state index is 0.0438. The monoisotopic (exact) mass is 391 g/mol. The molecule has 3 rings (SSSR count). The smallest absolute Gasteiger partial charge is 0.265 e. The van der Waals surface area contributed by atoms with Gasteiger partial charge in [0, 0.05) is 24.3 Å². The van der Waals surface area contributed by atoms with Gasteiger partial charge in [-0.3, -0.25) is 9.59 Å². The summed E-state index contributed by atoms with van der Waals surface area (Å²) in [6.45, 7) is 3.27. The van der Waals surface area contributed by atoms with Gasteiger partial charge in [-0.05, 0) is 68.3 Å². The molecule has 1 saturated heterocycles. The number of anilines is 1. The zero-order valence-corrected chi connectivity index (χ0v) is 16.6. The van der Waals surface area contributed by atoms with Crippen LogP contribution in [0.5, 0.6) is 5.75 Å². The van der Waals surface area contributed by atoms with Crippen molar-refractivity contribution in [3.05, 3.63) is 59.7 Å². The molecule has 0 spiro atoms. The average molecular weight is 391 g/mol. The van der Waals surface area contributed by atoms with Crippen LogP contribution >= 0.6 is 0 Å². The standard InChI is InChI=1S/C23H25N3O3/c1-17(29-21-12-6-18(16-24)7-13-21)22(27)25-20-10-8-19(9-11-20)23(28)26-14-4-2-3-5-15-26/h6-13,17H,2-5,14-15H2,1H3,(H,25,27)/t17-/m1/s1. The Bertz CT molecular complexity index is 877. The van der Waals surface area contributed by atoms with Crippen LogP contribution in [-0.4, -0.2) is 35.9 Å². The summed E-state index contributed by atoms with van der Waals surface area (Å²) in [6, 6.07) is 15.6. The SMILES string of the molecule is C[C@@H](Oc1ccc(C#N)cc1)C(=O)Nc1ccc(C(=O)N2CCCCCC2)cc1. The fraction of sp³-hybridized carbons (Fsp3) is 0.348. The van der Waals surface area contributed by atoms with E-state index in [0.717, 1.165) is 25.9 Å². The molecular weight excluding hydrogens is 366 g/mol. The largest absolute Gasteiger partial charge is 0.481 e. The number of nitrogens with zero attached hydrogens (tertiary/aromatic N) is 2. The molecule has 1 aliphatic rings. The zero-order chi connectivity index (χ0) is 20.6. The lowest BCUT2D eigenvalue weighted by Crippen LogP contribution is -2.32. The number of carbonyl (C=O) groups excluding carboxylic acids is 2. The molecule has 150 valence electrons. The lowest BCUT2D eigenvalue weighted by molar-refractivity contribution is -0.122. The molecule has 2 aromatic carbocycles. The first-order valence-corrected chi connectivity index (χ1v) is 9.94. The van der Waals surface area contributed by atoms with Gasteiger partial charge in [0.15, 0.2) is 6.10 Å². The third-order valence-electron chi connectivity index (χ3n) is 4.96. The van der Waals surface area contributed by atoms with Crippen LogP contribution in [0.3, 0.4) is 0 Å². The summed E-state index contributed by atoms with van der Waals surface area (Å²) >= 11 is 0. The van der Waals surface area contributed by atoms with Gasteiger partial charge in [0.2, 0.25) is 0 Å². The number of amides is 2. The molecule has 6 nitrogen and oxygen atoms in total. The van der Waals surface area contributed by atoms with Crippen molar-refractivity contribution >= 4 is 17.5 Å². The molecular formula is C23H25N3O3. The maximum atomic E-state index is 12.6. The van der Waals surface area contributed by atoms with Crippen LogP contribution in [0.15, 0.2) is 48.5 Å². The fourth-order valence-corrected chi connectivity index (χ4v) is 3.26. The Balaban J connectivity index is 1.56. The molecule has 1 N–H and O–H groups in total. The summed E-state index contributed by atoms with van der Waals surface area (Å²) in [5.74, 6) is 0.272. The van der Waals surface area contributed by atoms with E-state index < -0.39 is 6.10 Å².